The van der Waals surface area contributed by atoms with E-state index in [4.69, 9.17) is 20.5 Å². The molecule has 0 aromatic heterocycles. The first kappa shape index (κ1) is 14.3. The molecule has 0 fully saturated rings. The molecule has 0 radical (unpaired) electrons. The fourth-order valence-corrected chi connectivity index (χ4v) is 3.12. The fraction of sp³-hybridized carbons (Fsp3) is 0.750. The lowest BCUT2D eigenvalue weighted by Gasteiger charge is -2.27. The molecule has 0 saturated carbocycles. The smallest absolute Gasteiger partial charge is 0.260 e. The van der Waals surface area contributed by atoms with E-state index in [-0.39, 0.29) is 0 Å². The van der Waals surface area contributed by atoms with E-state index in [2.05, 4.69) is 39.3 Å². The van der Waals surface area contributed by atoms with Crippen molar-refractivity contribution in [1.82, 2.24) is 0 Å². The van der Waals surface area contributed by atoms with Gasteiger partial charge in [0.2, 0.25) is 16.6 Å². The number of halogens is 1. The lowest BCUT2D eigenvalue weighted by Crippen LogP contribution is -2.32. The SMILES string of the molecule is C[Si](C)(C)OC(O[Si](C)(C)C)=C([SiH3])Cl. The van der Waals surface area contributed by atoms with Crippen LogP contribution >= 0.6 is 11.6 Å². The zero-order chi connectivity index (χ0) is 11.6. The minimum Gasteiger partial charge on any atom is -0.520 e. The summed E-state index contributed by atoms with van der Waals surface area (Å²) in [6.07, 6.45) is 0. The van der Waals surface area contributed by atoms with E-state index in [1.165, 1.54) is 0 Å². The summed E-state index contributed by atoms with van der Waals surface area (Å²) >= 11 is 5.99. The van der Waals surface area contributed by atoms with E-state index in [0.717, 1.165) is 14.9 Å². The van der Waals surface area contributed by atoms with Gasteiger partial charge in [-0.25, -0.2) is 0 Å². The quantitative estimate of drug-likeness (QED) is 0.576. The molecule has 0 heterocycles. The third-order valence-corrected chi connectivity index (χ3v) is 3.24. The first-order valence-corrected chi connectivity index (χ1v) is 12.9. The minimum absolute atomic E-state index is 0.594. The Kier molecular flexibility index (Phi) is 4.97. The van der Waals surface area contributed by atoms with Gasteiger partial charge in [-0.2, -0.15) is 0 Å². The molecule has 0 aliphatic carbocycles. The molecule has 0 rings (SSSR count). The van der Waals surface area contributed by atoms with E-state index < -0.39 is 16.6 Å². The van der Waals surface area contributed by atoms with Crippen molar-refractivity contribution in [1.29, 1.82) is 0 Å². The van der Waals surface area contributed by atoms with Crippen LogP contribution in [0, 0.1) is 0 Å². The molecule has 0 aromatic rings. The van der Waals surface area contributed by atoms with Gasteiger partial charge in [-0.05, 0) is 39.3 Å². The van der Waals surface area contributed by atoms with Gasteiger partial charge in [0.1, 0.15) is 0 Å². The molecule has 0 unspecified atom stereocenters. The Morgan fingerprint density at radius 1 is 0.929 bits per heavy atom. The summed E-state index contributed by atoms with van der Waals surface area (Å²) < 4.78 is 12.4. The van der Waals surface area contributed by atoms with Gasteiger partial charge in [0, 0.05) is 0 Å². The molecule has 0 atom stereocenters. The predicted molar refractivity (Wildman–Crippen MR) is 71.7 cm³/mol. The first-order valence-electron chi connectivity index (χ1n) is 4.76. The monoisotopic (exact) mass is 268 g/mol. The highest BCUT2D eigenvalue weighted by Crippen LogP contribution is 2.20. The maximum Gasteiger partial charge on any atom is 0.260 e. The van der Waals surface area contributed by atoms with Crippen LogP contribution in [-0.2, 0) is 8.85 Å². The lowest BCUT2D eigenvalue weighted by molar-refractivity contribution is 0.216. The van der Waals surface area contributed by atoms with Crippen molar-refractivity contribution in [2.24, 2.45) is 0 Å². The number of hydrogen-bond acceptors (Lipinski definition) is 2. The van der Waals surface area contributed by atoms with E-state index in [1.54, 1.807) is 0 Å². The molecule has 0 aliphatic rings. The molecule has 0 bridgehead atoms. The summed E-state index contributed by atoms with van der Waals surface area (Å²) in [4.78, 5) is 0. The van der Waals surface area contributed by atoms with Gasteiger partial charge in [-0.3, -0.25) is 0 Å². The Morgan fingerprint density at radius 2 is 1.21 bits per heavy atom. The van der Waals surface area contributed by atoms with Gasteiger partial charge in [-0.1, -0.05) is 11.6 Å². The number of hydrogen-bond donors (Lipinski definition) is 0. The highest BCUT2D eigenvalue weighted by molar-refractivity contribution is 6.71. The molecule has 0 aliphatic heterocycles. The molecule has 0 saturated heterocycles. The van der Waals surface area contributed by atoms with Crippen LogP contribution < -0.4 is 0 Å². The molecule has 2 nitrogen and oxygen atoms in total. The average Bonchev–Trinajstić information content (AvgIpc) is 1.78. The van der Waals surface area contributed by atoms with Gasteiger partial charge in [0.15, 0.2) is 0 Å². The Bertz CT molecular complexity index is 206. The summed E-state index contributed by atoms with van der Waals surface area (Å²) in [6, 6.07) is 0. The Morgan fingerprint density at radius 3 is 1.36 bits per heavy atom. The van der Waals surface area contributed by atoms with Gasteiger partial charge < -0.3 is 8.85 Å². The van der Waals surface area contributed by atoms with E-state index >= 15 is 0 Å². The lowest BCUT2D eigenvalue weighted by atomic mass is 11.0. The zero-order valence-corrected chi connectivity index (χ0v) is 15.0. The van der Waals surface area contributed by atoms with Crippen LogP contribution in [0.25, 0.3) is 0 Å². The Balaban J connectivity index is 4.59. The van der Waals surface area contributed by atoms with Crippen LogP contribution in [0.1, 0.15) is 0 Å². The third-order valence-electron chi connectivity index (χ3n) is 1.08. The molecule has 14 heavy (non-hydrogen) atoms. The van der Waals surface area contributed by atoms with Crippen LogP contribution in [0.2, 0.25) is 39.3 Å². The van der Waals surface area contributed by atoms with Crippen molar-refractivity contribution in [2.75, 3.05) is 0 Å². The van der Waals surface area contributed by atoms with Gasteiger partial charge in [0.05, 0.1) is 14.9 Å². The number of rotatable bonds is 4. The van der Waals surface area contributed by atoms with Crippen LogP contribution in [0.3, 0.4) is 0 Å². The fourth-order valence-electron chi connectivity index (χ4n) is 0.718. The van der Waals surface area contributed by atoms with Gasteiger partial charge in [-0.15, -0.1) is 0 Å². The largest absolute Gasteiger partial charge is 0.520 e. The summed E-state index contributed by atoms with van der Waals surface area (Å²) in [5.41, 5.74) is 0. The molecule has 0 N–H and O–H groups in total. The van der Waals surface area contributed by atoms with Crippen LogP contribution in [0.15, 0.2) is 10.6 Å². The normalized spacial score (nSPS) is 12.5. The van der Waals surface area contributed by atoms with Crippen molar-refractivity contribution >= 4 is 38.5 Å². The van der Waals surface area contributed by atoms with Gasteiger partial charge >= 0.3 is 0 Å². The summed E-state index contributed by atoms with van der Waals surface area (Å²) in [6.45, 7) is 12.8. The second kappa shape index (κ2) is 4.87. The second-order valence-electron chi connectivity index (χ2n) is 5.25. The molecule has 0 spiro atoms. The maximum atomic E-state index is 5.99. The van der Waals surface area contributed by atoms with Crippen molar-refractivity contribution < 1.29 is 8.85 Å². The van der Waals surface area contributed by atoms with Crippen LogP contribution in [-0.4, -0.2) is 26.9 Å². The summed E-state index contributed by atoms with van der Waals surface area (Å²) in [7, 11) is -2.43. The van der Waals surface area contributed by atoms with Crippen molar-refractivity contribution in [3.05, 3.63) is 10.6 Å². The summed E-state index contributed by atoms with van der Waals surface area (Å²) in [5.74, 6) is 0.594. The minimum atomic E-state index is -1.61. The highest BCUT2D eigenvalue weighted by atomic mass is 35.5. The highest BCUT2D eigenvalue weighted by Gasteiger charge is 2.24. The maximum absolute atomic E-state index is 5.99. The summed E-state index contributed by atoms with van der Waals surface area (Å²) in [5, 5.41) is 0. The molecule has 0 aromatic carbocycles. The van der Waals surface area contributed by atoms with Crippen LogP contribution in [0.5, 0.6) is 0 Å². The van der Waals surface area contributed by atoms with E-state index in [0.29, 0.717) is 5.95 Å². The topological polar surface area (TPSA) is 18.5 Å². The molecule has 6 heteroatoms. The molecular weight excluding hydrogens is 248 g/mol. The zero-order valence-electron chi connectivity index (χ0n) is 10.2. The molecule has 84 valence electrons. The third kappa shape index (κ3) is 7.66. The van der Waals surface area contributed by atoms with Crippen molar-refractivity contribution in [3.8, 4) is 0 Å². The van der Waals surface area contributed by atoms with E-state index in [1.807, 2.05) is 0 Å². The Hall–Kier alpha value is 0.281. The predicted octanol–water partition coefficient (Wildman–Crippen LogP) is 2.42. The van der Waals surface area contributed by atoms with Crippen LogP contribution in [0.4, 0.5) is 0 Å². The first-order chi connectivity index (χ1) is 6.01. The molecular formula is C8H21ClO2Si3. The standard InChI is InChI=1S/C8H21ClO2Si3/c1-13(2,3)10-8(7(9)12)11-14(4,5)6/h1-6,12H3. The average molecular weight is 269 g/mol. The van der Waals surface area contributed by atoms with Crippen molar-refractivity contribution in [3.63, 3.8) is 0 Å². The second-order valence-corrected chi connectivity index (χ2v) is 16.3. The van der Waals surface area contributed by atoms with E-state index in [9.17, 15) is 0 Å². The van der Waals surface area contributed by atoms with Gasteiger partial charge in [0.25, 0.3) is 5.95 Å². The Labute approximate surface area is 97.3 Å². The molecule has 0 amide bonds. The van der Waals surface area contributed by atoms with Crippen molar-refractivity contribution in [2.45, 2.75) is 39.3 Å².